The number of likely N-dealkylation sites (tertiary alicyclic amines) is 1. The number of carbonyl (C=O) groups excluding carboxylic acids is 1. The lowest BCUT2D eigenvalue weighted by Crippen LogP contribution is -2.51. The minimum absolute atomic E-state index is 0.0631. The van der Waals surface area contributed by atoms with Gasteiger partial charge in [0.2, 0.25) is 5.91 Å². The molecule has 104 valence electrons. The Bertz CT molecular complexity index is 455. The monoisotopic (exact) mass is 265 g/mol. The van der Waals surface area contributed by atoms with E-state index in [1.54, 1.807) is 25.2 Å². The number of rotatable bonds is 5. The van der Waals surface area contributed by atoms with Gasteiger partial charge in [-0.2, -0.15) is 0 Å². The van der Waals surface area contributed by atoms with E-state index in [1.807, 2.05) is 12.1 Å². The molecule has 1 heterocycles. The number of amides is 1. The highest BCUT2D eigenvalue weighted by Gasteiger charge is 2.30. The second kappa shape index (κ2) is 5.93. The zero-order valence-corrected chi connectivity index (χ0v) is 11.3. The van der Waals surface area contributed by atoms with Gasteiger partial charge in [0.05, 0.1) is 20.6 Å². The second-order valence-electron chi connectivity index (χ2n) is 4.70. The molecule has 1 aliphatic heterocycles. The molecule has 5 heteroatoms. The van der Waals surface area contributed by atoms with Crippen LogP contribution in [0.5, 0.6) is 11.5 Å². The van der Waals surface area contributed by atoms with Gasteiger partial charge in [-0.05, 0) is 6.07 Å². The summed E-state index contributed by atoms with van der Waals surface area (Å²) in [6, 6.07) is 5.44. The van der Waals surface area contributed by atoms with Gasteiger partial charge in [0.25, 0.3) is 0 Å². The predicted octanol–water partition coefficient (Wildman–Crippen LogP) is 0.697. The van der Waals surface area contributed by atoms with Crippen LogP contribution in [0.2, 0.25) is 0 Å². The third-order valence-corrected chi connectivity index (χ3v) is 3.40. The Morgan fingerprint density at radius 2 is 2.11 bits per heavy atom. The molecule has 1 aliphatic rings. The molecule has 0 aliphatic carbocycles. The Labute approximate surface area is 112 Å². The Morgan fingerprint density at radius 1 is 1.37 bits per heavy atom. The van der Waals surface area contributed by atoms with E-state index in [0.717, 1.165) is 5.56 Å². The lowest BCUT2D eigenvalue weighted by atomic mass is 10.00. The Morgan fingerprint density at radius 3 is 2.68 bits per heavy atom. The van der Waals surface area contributed by atoms with Crippen LogP contribution in [0, 0.1) is 5.92 Å². The fourth-order valence-electron chi connectivity index (χ4n) is 2.16. The first-order valence-corrected chi connectivity index (χ1v) is 6.27. The van der Waals surface area contributed by atoms with E-state index in [1.165, 1.54) is 0 Å². The molecule has 0 saturated carbocycles. The van der Waals surface area contributed by atoms with E-state index in [0.29, 0.717) is 31.0 Å². The quantitative estimate of drug-likeness (QED) is 0.851. The van der Waals surface area contributed by atoms with Crippen molar-refractivity contribution in [2.24, 2.45) is 5.92 Å². The lowest BCUT2D eigenvalue weighted by molar-refractivity contribution is -0.137. The first kappa shape index (κ1) is 13.7. The largest absolute Gasteiger partial charge is 0.497 e. The van der Waals surface area contributed by atoms with Crippen molar-refractivity contribution >= 4 is 5.91 Å². The molecule has 5 nitrogen and oxygen atoms in total. The fraction of sp³-hybridized carbons (Fsp3) is 0.500. The van der Waals surface area contributed by atoms with Crippen LogP contribution in [-0.2, 0) is 11.2 Å². The van der Waals surface area contributed by atoms with Crippen LogP contribution in [-0.4, -0.2) is 49.8 Å². The molecule has 19 heavy (non-hydrogen) atoms. The molecule has 0 atom stereocenters. The highest BCUT2D eigenvalue weighted by Crippen LogP contribution is 2.26. The first-order chi connectivity index (χ1) is 9.17. The number of carbonyl (C=O) groups is 1. The minimum Gasteiger partial charge on any atom is -0.497 e. The van der Waals surface area contributed by atoms with Crippen molar-refractivity contribution < 1.29 is 19.4 Å². The van der Waals surface area contributed by atoms with E-state index in [-0.39, 0.29) is 18.4 Å². The highest BCUT2D eigenvalue weighted by atomic mass is 16.5. The number of ether oxygens (including phenoxy) is 2. The maximum Gasteiger partial charge on any atom is 0.227 e. The molecule has 0 bridgehead atoms. The van der Waals surface area contributed by atoms with Gasteiger partial charge in [0.1, 0.15) is 11.5 Å². The zero-order chi connectivity index (χ0) is 13.8. The summed E-state index contributed by atoms with van der Waals surface area (Å²) in [7, 11) is 3.17. The van der Waals surface area contributed by atoms with Crippen molar-refractivity contribution in [3.63, 3.8) is 0 Å². The van der Waals surface area contributed by atoms with Crippen molar-refractivity contribution in [2.75, 3.05) is 33.9 Å². The smallest absolute Gasteiger partial charge is 0.227 e. The van der Waals surface area contributed by atoms with E-state index < -0.39 is 0 Å². The van der Waals surface area contributed by atoms with Crippen LogP contribution in [0.3, 0.4) is 0 Å². The van der Waals surface area contributed by atoms with E-state index in [2.05, 4.69) is 0 Å². The molecule has 1 fully saturated rings. The topological polar surface area (TPSA) is 59.0 Å². The maximum atomic E-state index is 12.0. The number of benzene rings is 1. The highest BCUT2D eigenvalue weighted by molar-refractivity contribution is 5.80. The molecule has 1 aromatic carbocycles. The number of nitrogens with zero attached hydrogens (tertiary/aromatic N) is 1. The van der Waals surface area contributed by atoms with Crippen LogP contribution < -0.4 is 9.47 Å². The summed E-state index contributed by atoms with van der Waals surface area (Å²) >= 11 is 0. The summed E-state index contributed by atoms with van der Waals surface area (Å²) < 4.78 is 10.4. The summed E-state index contributed by atoms with van der Waals surface area (Å²) in [6.07, 6.45) is 0.311. The molecule has 1 aromatic rings. The summed E-state index contributed by atoms with van der Waals surface area (Å²) in [5.74, 6) is 1.67. The van der Waals surface area contributed by atoms with Crippen LogP contribution in [0.15, 0.2) is 18.2 Å². The lowest BCUT2D eigenvalue weighted by Gasteiger charge is -2.38. The molecule has 1 N–H and O–H groups in total. The standard InChI is InChI=1S/C14H19NO4/c1-18-12-4-3-11(13(6-12)19-2)5-14(17)15-7-10(8-15)9-16/h3-4,6,10,16H,5,7-9H2,1-2H3. The molecule has 0 radical (unpaired) electrons. The molecule has 2 rings (SSSR count). The minimum atomic E-state index is 0.0631. The van der Waals surface area contributed by atoms with E-state index in [9.17, 15) is 4.79 Å². The van der Waals surface area contributed by atoms with Crippen molar-refractivity contribution in [3.05, 3.63) is 23.8 Å². The third kappa shape index (κ3) is 2.98. The average molecular weight is 265 g/mol. The molecule has 1 amide bonds. The van der Waals surface area contributed by atoms with Gasteiger partial charge in [-0.15, -0.1) is 0 Å². The predicted molar refractivity (Wildman–Crippen MR) is 70.4 cm³/mol. The van der Waals surface area contributed by atoms with Gasteiger partial charge in [0.15, 0.2) is 0 Å². The first-order valence-electron chi connectivity index (χ1n) is 6.27. The number of aliphatic hydroxyl groups is 1. The van der Waals surface area contributed by atoms with Crippen LogP contribution in [0.25, 0.3) is 0 Å². The van der Waals surface area contributed by atoms with Crippen molar-refractivity contribution in [1.82, 2.24) is 4.90 Å². The summed E-state index contributed by atoms with van der Waals surface area (Å²) in [5.41, 5.74) is 0.848. The Balaban J connectivity index is 2.01. The summed E-state index contributed by atoms with van der Waals surface area (Å²) in [5, 5.41) is 8.94. The molecule has 0 unspecified atom stereocenters. The van der Waals surface area contributed by atoms with Gasteiger partial charge in [-0.3, -0.25) is 4.79 Å². The van der Waals surface area contributed by atoms with Crippen LogP contribution in [0.4, 0.5) is 0 Å². The molecular formula is C14H19NO4. The second-order valence-corrected chi connectivity index (χ2v) is 4.70. The zero-order valence-electron chi connectivity index (χ0n) is 11.3. The van der Waals surface area contributed by atoms with E-state index >= 15 is 0 Å². The number of aliphatic hydroxyl groups excluding tert-OH is 1. The normalized spacial score (nSPS) is 15.0. The van der Waals surface area contributed by atoms with Gasteiger partial charge in [0, 0.05) is 37.2 Å². The fourth-order valence-corrected chi connectivity index (χ4v) is 2.16. The molecule has 1 saturated heterocycles. The molecule has 0 aromatic heterocycles. The number of methoxy groups -OCH3 is 2. The van der Waals surface area contributed by atoms with Crippen molar-refractivity contribution in [2.45, 2.75) is 6.42 Å². The SMILES string of the molecule is COc1ccc(CC(=O)N2CC(CO)C2)c(OC)c1. The van der Waals surface area contributed by atoms with Gasteiger partial charge >= 0.3 is 0 Å². The number of hydrogen-bond donors (Lipinski definition) is 1. The Hall–Kier alpha value is -1.75. The summed E-state index contributed by atoms with van der Waals surface area (Å²) in [6.45, 7) is 1.44. The Kier molecular flexibility index (Phi) is 4.27. The van der Waals surface area contributed by atoms with Crippen molar-refractivity contribution in [3.8, 4) is 11.5 Å². The van der Waals surface area contributed by atoms with Crippen LogP contribution in [0.1, 0.15) is 5.56 Å². The molecule has 0 spiro atoms. The molecular weight excluding hydrogens is 246 g/mol. The van der Waals surface area contributed by atoms with Gasteiger partial charge < -0.3 is 19.5 Å². The van der Waals surface area contributed by atoms with E-state index in [4.69, 9.17) is 14.6 Å². The van der Waals surface area contributed by atoms with Gasteiger partial charge in [-0.25, -0.2) is 0 Å². The van der Waals surface area contributed by atoms with Crippen LogP contribution >= 0.6 is 0 Å². The third-order valence-electron chi connectivity index (χ3n) is 3.40. The van der Waals surface area contributed by atoms with Gasteiger partial charge in [-0.1, -0.05) is 6.07 Å². The number of hydrogen-bond acceptors (Lipinski definition) is 4. The van der Waals surface area contributed by atoms with Crippen molar-refractivity contribution in [1.29, 1.82) is 0 Å². The average Bonchev–Trinajstić information content (AvgIpc) is 2.38. The summed E-state index contributed by atoms with van der Waals surface area (Å²) in [4.78, 5) is 13.8. The maximum absolute atomic E-state index is 12.0.